The fourth-order valence-corrected chi connectivity index (χ4v) is 4.33. The monoisotopic (exact) mass is 445 g/mol. The van der Waals surface area contributed by atoms with Crippen molar-refractivity contribution < 1.29 is 29.0 Å². The van der Waals surface area contributed by atoms with Gasteiger partial charge in [-0.25, -0.2) is 4.79 Å². The number of carboxylic acids is 2. The Kier molecular flexibility index (Phi) is 6.73. The first-order valence-corrected chi connectivity index (χ1v) is 10.4. The molecule has 2 aromatic rings. The quantitative estimate of drug-likeness (QED) is 0.463. The average molecular weight is 446 g/mol. The highest BCUT2D eigenvalue weighted by molar-refractivity contribution is 8.26. The van der Waals surface area contributed by atoms with Gasteiger partial charge in [0.1, 0.15) is 21.9 Å². The number of carboxylic acid groups (broad SMARTS) is 2. The molecule has 7 nitrogen and oxygen atoms in total. The molecule has 1 atom stereocenters. The third-order valence-electron chi connectivity index (χ3n) is 4.60. The van der Waals surface area contributed by atoms with E-state index in [9.17, 15) is 19.5 Å². The molecular weight excluding hydrogens is 426 g/mol. The summed E-state index contributed by atoms with van der Waals surface area (Å²) in [6.45, 7) is 2.08. The highest BCUT2D eigenvalue weighted by Gasteiger charge is 2.40. The molecule has 2 heterocycles. The lowest BCUT2D eigenvalue weighted by molar-refractivity contribution is -0.146. The second-order valence-electron chi connectivity index (χ2n) is 6.59. The number of hydrogen-bond donors (Lipinski definition) is 2. The van der Waals surface area contributed by atoms with Crippen LogP contribution in [0, 0.1) is 0 Å². The molecule has 1 aliphatic rings. The summed E-state index contributed by atoms with van der Waals surface area (Å²) >= 11 is 6.14. The lowest BCUT2D eigenvalue weighted by Crippen LogP contribution is -2.44. The largest absolute Gasteiger partial charge is 0.481 e. The number of aryl methyl sites for hydroxylation is 1. The number of amides is 1. The Morgan fingerprint density at radius 3 is 2.50 bits per heavy atom. The van der Waals surface area contributed by atoms with E-state index in [0.717, 1.165) is 28.6 Å². The van der Waals surface area contributed by atoms with Gasteiger partial charge in [-0.05, 0) is 30.5 Å². The van der Waals surface area contributed by atoms with Gasteiger partial charge in [0.25, 0.3) is 5.91 Å². The second kappa shape index (κ2) is 9.27. The number of benzene rings is 1. The Balaban J connectivity index is 1.80. The van der Waals surface area contributed by atoms with Crippen molar-refractivity contribution in [1.82, 2.24) is 4.90 Å². The van der Waals surface area contributed by atoms with Crippen LogP contribution in [0.1, 0.15) is 31.1 Å². The number of thiocarbonyl (C=S) groups is 1. The van der Waals surface area contributed by atoms with E-state index in [-0.39, 0.29) is 22.1 Å². The summed E-state index contributed by atoms with van der Waals surface area (Å²) < 4.78 is 5.89. The van der Waals surface area contributed by atoms with Crippen LogP contribution in [0.25, 0.3) is 17.4 Å². The molecule has 0 bridgehead atoms. The second-order valence-corrected chi connectivity index (χ2v) is 8.27. The van der Waals surface area contributed by atoms with Crippen LogP contribution in [0.5, 0.6) is 0 Å². The van der Waals surface area contributed by atoms with Crippen molar-refractivity contribution >= 4 is 52.2 Å². The van der Waals surface area contributed by atoms with E-state index in [1.54, 1.807) is 12.1 Å². The summed E-state index contributed by atoms with van der Waals surface area (Å²) in [5.74, 6) is -1.94. The number of thioether (sulfide) groups is 1. The van der Waals surface area contributed by atoms with Crippen molar-refractivity contribution in [2.75, 3.05) is 0 Å². The first-order valence-electron chi connectivity index (χ1n) is 9.21. The van der Waals surface area contributed by atoms with Gasteiger partial charge in [0, 0.05) is 18.1 Å². The zero-order valence-electron chi connectivity index (χ0n) is 16.0. The summed E-state index contributed by atoms with van der Waals surface area (Å²) in [6, 6.07) is 10.1. The summed E-state index contributed by atoms with van der Waals surface area (Å²) in [6.07, 6.45) is 1.84. The molecule has 2 N–H and O–H groups in total. The Bertz CT molecular complexity index is 1020. The van der Waals surface area contributed by atoms with Crippen LogP contribution in [0.2, 0.25) is 0 Å². The molecule has 30 heavy (non-hydrogen) atoms. The van der Waals surface area contributed by atoms with Crippen molar-refractivity contribution in [1.29, 1.82) is 0 Å². The van der Waals surface area contributed by atoms with Crippen molar-refractivity contribution in [3.8, 4) is 11.3 Å². The van der Waals surface area contributed by atoms with Crippen LogP contribution >= 0.6 is 24.0 Å². The van der Waals surface area contributed by atoms with Crippen molar-refractivity contribution in [2.45, 2.75) is 32.2 Å². The van der Waals surface area contributed by atoms with E-state index < -0.39 is 23.9 Å². The number of carbonyl (C=O) groups is 3. The third-order valence-corrected chi connectivity index (χ3v) is 5.93. The molecule has 0 aliphatic carbocycles. The molecule has 9 heteroatoms. The Hall–Kier alpha value is -2.91. The highest BCUT2D eigenvalue weighted by Crippen LogP contribution is 2.35. The first kappa shape index (κ1) is 21.8. The van der Waals surface area contributed by atoms with Crippen molar-refractivity contribution in [3.05, 3.63) is 52.6 Å². The minimum atomic E-state index is -1.33. The number of carbonyl (C=O) groups excluding carboxylic acids is 1. The van der Waals surface area contributed by atoms with Crippen LogP contribution in [0.3, 0.4) is 0 Å². The molecule has 156 valence electrons. The molecule has 3 rings (SSSR count). The summed E-state index contributed by atoms with van der Waals surface area (Å²) in [5, 5.41) is 18.3. The minimum Gasteiger partial charge on any atom is -0.481 e. The SMILES string of the molecule is CCc1ccc(-c2ccc(/C=C3/SC(=S)N(C(CCC(=O)O)C(=O)O)C3=O)o2)cc1. The smallest absolute Gasteiger partial charge is 0.326 e. The topological polar surface area (TPSA) is 108 Å². The van der Waals surface area contributed by atoms with Crippen LogP contribution in [-0.4, -0.2) is 43.3 Å². The molecule has 1 fully saturated rings. The van der Waals surface area contributed by atoms with E-state index in [1.165, 1.54) is 11.6 Å². The fraction of sp³-hybridized carbons (Fsp3) is 0.238. The van der Waals surface area contributed by atoms with Gasteiger partial charge in [0.2, 0.25) is 0 Å². The first-order chi connectivity index (χ1) is 14.3. The molecule has 1 saturated heterocycles. The number of furan rings is 1. The zero-order valence-corrected chi connectivity index (χ0v) is 17.7. The Labute approximate surface area is 182 Å². The van der Waals surface area contributed by atoms with Gasteiger partial charge >= 0.3 is 11.9 Å². The maximum atomic E-state index is 12.8. The van der Waals surface area contributed by atoms with E-state index in [0.29, 0.717) is 11.5 Å². The van der Waals surface area contributed by atoms with E-state index in [4.69, 9.17) is 21.7 Å². The van der Waals surface area contributed by atoms with Gasteiger partial charge in [-0.1, -0.05) is 55.2 Å². The van der Waals surface area contributed by atoms with E-state index in [2.05, 4.69) is 6.92 Å². The number of nitrogens with zero attached hydrogens (tertiary/aromatic N) is 1. The lowest BCUT2D eigenvalue weighted by atomic mass is 10.1. The molecule has 1 unspecified atom stereocenters. The molecular formula is C21H19NO6S2. The predicted octanol–water partition coefficient (Wildman–Crippen LogP) is 4.03. The number of aliphatic carboxylic acids is 2. The van der Waals surface area contributed by atoms with Crippen molar-refractivity contribution in [2.24, 2.45) is 0 Å². The minimum absolute atomic E-state index is 0.0750. The normalized spacial score (nSPS) is 16.3. The summed E-state index contributed by atoms with van der Waals surface area (Å²) in [5.41, 5.74) is 2.11. The molecule has 1 aromatic carbocycles. The van der Waals surface area contributed by atoms with Gasteiger partial charge in [0.05, 0.1) is 4.91 Å². The fourth-order valence-electron chi connectivity index (χ4n) is 2.99. The predicted molar refractivity (Wildman–Crippen MR) is 117 cm³/mol. The van der Waals surface area contributed by atoms with Gasteiger partial charge in [-0.3, -0.25) is 14.5 Å². The van der Waals surface area contributed by atoms with Gasteiger partial charge < -0.3 is 14.6 Å². The number of rotatable bonds is 8. The molecule has 1 aromatic heterocycles. The molecule has 0 radical (unpaired) electrons. The van der Waals surface area contributed by atoms with E-state index in [1.807, 2.05) is 24.3 Å². The van der Waals surface area contributed by atoms with Gasteiger partial charge in [-0.15, -0.1) is 0 Å². The number of hydrogen-bond acceptors (Lipinski definition) is 6. The average Bonchev–Trinajstić information content (AvgIpc) is 3.28. The maximum absolute atomic E-state index is 12.8. The third kappa shape index (κ3) is 4.80. The lowest BCUT2D eigenvalue weighted by Gasteiger charge is -2.22. The molecule has 1 amide bonds. The molecule has 0 spiro atoms. The highest BCUT2D eigenvalue weighted by atomic mass is 32.2. The van der Waals surface area contributed by atoms with Crippen molar-refractivity contribution in [3.63, 3.8) is 0 Å². The van der Waals surface area contributed by atoms with Crippen LogP contribution in [0.4, 0.5) is 0 Å². The summed E-state index contributed by atoms with van der Waals surface area (Å²) in [7, 11) is 0. The molecule has 1 aliphatic heterocycles. The standard InChI is InChI=1S/C21H19NO6S2/c1-2-12-3-5-13(6-4-12)16-9-7-14(28-16)11-17-19(25)22(21(29)30-17)15(20(26)27)8-10-18(23)24/h3-7,9,11,15H,2,8,10H2,1H3,(H,23,24)(H,26,27)/b17-11+. The van der Waals surface area contributed by atoms with Gasteiger partial charge in [0.15, 0.2) is 0 Å². The van der Waals surface area contributed by atoms with Crippen LogP contribution in [0.15, 0.2) is 45.7 Å². The summed E-state index contributed by atoms with van der Waals surface area (Å²) in [4.78, 5) is 36.3. The Morgan fingerprint density at radius 2 is 1.90 bits per heavy atom. The Morgan fingerprint density at radius 1 is 1.20 bits per heavy atom. The maximum Gasteiger partial charge on any atom is 0.326 e. The van der Waals surface area contributed by atoms with Gasteiger partial charge in [-0.2, -0.15) is 0 Å². The van der Waals surface area contributed by atoms with E-state index >= 15 is 0 Å². The zero-order chi connectivity index (χ0) is 21.8. The van der Waals surface area contributed by atoms with Crippen LogP contribution < -0.4 is 0 Å². The van der Waals surface area contributed by atoms with Crippen LogP contribution in [-0.2, 0) is 20.8 Å². The molecule has 0 saturated carbocycles.